The molecule has 0 saturated carbocycles. The fraction of sp³-hybridized carbons (Fsp3) is 0.562. The van der Waals surface area contributed by atoms with Crippen LogP contribution in [0.1, 0.15) is 131 Å². The Morgan fingerprint density at radius 2 is 1.19 bits per heavy atom. The Morgan fingerprint density at radius 3 is 1.78 bits per heavy atom. The first-order valence-electron chi connectivity index (χ1n) is 22.9. The van der Waals surface area contributed by atoms with E-state index in [0.29, 0.717) is 74.9 Å². The highest BCUT2D eigenvalue weighted by atomic mass is 32.2. The second kappa shape index (κ2) is 30.5. The molecule has 18 nitrogen and oxygen atoms in total. The summed E-state index contributed by atoms with van der Waals surface area (Å²) >= 11 is 1.46. The summed E-state index contributed by atoms with van der Waals surface area (Å²) in [6, 6.07) is 10.3. The number of carboxylic acids is 1. The van der Waals surface area contributed by atoms with Gasteiger partial charge in [-0.1, -0.05) is 45.0 Å². The first kappa shape index (κ1) is 57.3. The molecule has 0 saturated heterocycles. The van der Waals surface area contributed by atoms with Gasteiger partial charge in [0.25, 0.3) is 11.8 Å². The van der Waals surface area contributed by atoms with Gasteiger partial charge < -0.3 is 47.6 Å². The van der Waals surface area contributed by atoms with Gasteiger partial charge in [0.2, 0.25) is 29.5 Å². The lowest BCUT2D eigenvalue weighted by Gasteiger charge is -2.22. The van der Waals surface area contributed by atoms with Crippen LogP contribution in [0.5, 0.6) is 0 Å². The summed E-state index contributed by atoms with van der Waals surface area (Å²) in [5, 5.41) is 31.5. The Kier molecular flexibility index (Phi) is 26.1. The quantitative estimate of drug-likeness (QED) is 0.0494. The lowest BCUT2D eigenvalue weighted by Crippen LogP contribution is -2.51. The van der Waals surface area contributed by atoms with Gasteiger partial charge in [-0.2, -0.15) is 11.8 Å². The van der Waals surface area contributed by atoms with E-state index in [1.54, 1.807) is 45.0 Å². The van der Waals surface area contributed by atoms with Gasteiger partial charge in [-0.25, -0.2) is 4.79 Å². The van der Waals surface area contributed by atoms with Crippen molar-refractivity contribution in [3.8, 4) is 0 Å². The number of benzene rings is 2. The minimum Gasteiger partial charge on any atom is -0.480 e. The number of thioether (sulfide) groups is 1. The summed E-state index contributed by atoms with van der Waals surface area (Å²) in [6.45, 7) is 11.8. The van der Waals surface area contributed by atoms with E-state index in [0.717, 1.165) is 5.56 Å². The van der Waals surface area contributed by atoms with Crippen molar-refractivity contribution in [3.05, 3.63) is 70.8 Å². The van der Waals surface area contributed by atoms with Crippen LogP contribution in [0, 0.1) is 5.92 Å². The fourth-order valence-electron chi connectivity index (χ4n) is 6.35. The number of carbonyl (C=O) groups excluding carboxylic acids is 8. The number of rotatable bonds is 31. The van der Waals surface area contributed by atoms with Crippen molar-refractivity contribution >= 4 is 64.9 Å². The molecule has 0 aromatic heterocycles. The zero-order valence-corrected chi connectivity index (χ0v) is 40.9. The molecule has 3 unspecified atom stereocenters. The van der Waals surface area contributed by atoms with Gasteiger partial charge in [-0.15, -0.1) is 0 Å². The largest absolute Gasteiger partial charge is 0.480 e. The van der Waals surface area contributed by atoms with E-state index in [4.69, 9.17) is 0 Å². The Hall–Kier alpha value is -5.82. The molecule has 2 rings (SSSR count). The van der Waals surface area contributed by atoms with Gasteiger partial charge in [0.05, 0.1) is 13.1 Å². The standard InChI is InChI=1S/C48H72N8O10S/c1-8-36(57)13-9-10-15-39(58)49-25-12-11-14-38(47(65)66)54-40(59)29-52-45(63)37(24-26-67-7)55-44(62)35-22-16-32(17-23-35)27-50-46(64)42(31(2)3)56-41(60)30-51-43(61)34-20-18-33(19-21-34)28-53-48(4,5)6/h16-23,31,37-38,42,53H,8-15,24-30H2,1-7H3,(H,49,58)(H,50,64)(H,51,61)(H,52,63)(H,54,59)(H,55,62)(H,56,60)(H,65,66). The van der Waals surface area contributed by atoms with Crippen molar-refractivity contribution in [3.63, 3.8) is 0 Å². The Labute approximate surface area is 398 Å². The highest BCUT2D eigenvalue weighted by Crippen LogP contribution is 2.11. The highest BCUT2D eigenvalue weighted by Gasteiger charge is 2.26. The molecule has 9 N–H and O–H groups in total. The molecule has 19 heteroatoms. The number of unbranched alkanes of at least 4 members (excludes halogenated alkanes) is 2. The third-order valence-electron chi connectivity index (χ3n) is 10.4. The molecule has 0 aliphatic heterocycles. The van der Waals surface area contributed by atoms with Gasteiger partial charge in [-0.05, 0) is 113 Å². The lowest BCUT2D eigenvalue weighted by molar-refractivity contribution is -0.142. The number of ketones is 1. The van der Waals surface area contributed by atoms with Gasteiger partial charge >= 0.3 is 5.97 Å². The zero-order chi connectivity index (χ0) is 49.9. The highest BCUT2D eigenvalue weighted by molar-refractivity contribution is 7.98. The maximum absolute atomic E-state index is 13.2. The number of nitrogens with one attached hydrogen (secondary N) is 8. The van der Waals surface area contributed by atoms with Gasteiger partial charge in [0.1, 0.15) is 23.9 Å². The first-order chi connectivity index (χ1) is 31.7. The molecular weight excluding hydrogens is 881 g/mol. The van der Waals surface area contributed by atoms with Crippen LogP contribution in [-0.2, 0) is 46.7 Å². The number of Topliss-reactive ketones (excluding diaryl/α,β-unsaturated/α-hetero) is 1. The summed E-state index contributed by atoms with van der Waals surface area (Å²) in [5.41, 5.74) is 2.25. The summed E-state index contributed by atoms with van der Waals surface area (Å²) in [7, 11) is 0. The predicted molar refractivity (Wildman–Crippen MR) is 258 cm³/mol. The van der Waals surface area contributed by atoms with Crippen LogP contribution in [-0.4, -0.2) is 114 Å². The SMILES string of the molecule is CCC(=O)CCCCC(=O)NCCCCC(NC(=O)CNC(=O)C(CCSC)NC(=O)c1ccc(CNC(=O)C(NC(=O)CNC(=O)c2ccc(CNC(C)(C)C)cc2)C(C)C)cc1)C(=O)O. The monoisotopic (exact) mass is 953 g/mol. The molecule has 0 heterocycles. The molecule has 3 atom stereocenters. The molecule has 0 aliphatic rings. The topological polar surface area (TPSA) is 270 Å². The fourth-order valence-corrected chi connectivity index (χ4v) is 6.82. The number of amides is 7. The molecule has 0 radical (unpaired) electrons. The second-order valence-corrected chi connectivity index (χ2v) is 18.6. The predicted octanol–water partition coefficient (Wildman–Crippen LogP) is 3.12. The molecule has 7 amide bonds. The Bertz CT molecular complexity index is 1950. The second-order valence-electron chi connectivity index (χ2n) is 17.6. The number of carboxylic acid groups (broad SMARTS) is 1. The van der Waals surface area contributed by atoms with Crippen LogP contribution in [0.25, 0.3) is 0 Å². The molecule has 370 valence electrons. The van der Waals surface area contributed by atoms with Crippen LogP contribution in [0.2, 0.25) is 0 Å². The van der Waals surface area contributed by atoms with Crippen molar-refractivity contribution in [1.29, 1.82) is 0 Å². The van der Waals surface area contributed by atoms with Crippen LogP contribution >= 0.6 is 11.8 Å². The molecule has 2 aromatic carbocycles. The minimum absolute atomic E-state index is 0.0530. The van der Waals surface area contributed by atoms with Crippen LogP contribution in [0.4, 0.5) is 0 Å². The van der Waals surface area contributed by atoms with Crippen molar-refractivity contribution in [2.75, 3.05) is 31.6 Å². The number of aliphatic carboxylic acids is 1. The molecular formula is C48H72N8O10S. The lowest BCUT2D eigenvalue weighted by atomic mass is 10.0. The van der Waals surface area contributed by atoms with Crippen molar-refractivity contribution in [2.45, 2.75) is 136 Å². The van der Waals surface area contributed by atoms with E-state index in [9.17, 15) is 48.3 Å². The average Bonchev–Trinajstić information content (AvgIpc) is 3.29. The zero-order valence-electron chi connectivity index (χ0n) is 40.1. The van der Waals surface area contributed by atoms with Crippen molar-refractivity contribution in [2.24, 2.45) is 5.92 Å². The van der Waals surface area contributed by atoms with E-state index in [2.05, 4.69) is 63.3 Å². The molecule has 0 spiro atoms. The molecule has 2 aromatic rings. The molecule has 0 bridgehead atoms. The van der Waals surface area contributed by atoms with E-state index in [1.165, 1.54) is 23.9 Å². The van der Waals surface area contributed by atoms with Gasteiger partial charge in [0, 0.05) is 55.6 Å². The average molecular weight is 953 g/mol. The summed E-state index contributed by atoms with van der Waals surface area (Å²) in [6.07, 6.45) is 5.60. The van der Waals surface area contributed by atoms with E-state index in [-0.39, 0.29) is 54.6 Å². The number of hydrogen-bond acceptors (Lipinski definition) is 11. The summed E-state index contributed by atoms with van der Waals surface area (Å²) in [5.74, 6) is -4.26. The van der Waals surface area contributed by atoms with E-state index < -0.39 is 66.1 Å². The number of hydrogen-bond donors (Lipinski definition) is 9. The normalized spacial score (nSPS) is 12.5. The summed E-state index contributed by atoms with van der Waals surface area (Å²) < 4.78 is 0. The molecule has 0 fully saturated rings. The van der Waals surface area contributed by atoms with E-state index >= 15 is 0 Å². The van der Waals surface area contributed by atoms with Crippen molar-refractivity contribution < 1.29 is 48.3 Å². The Morgan fingerprint density at radius 1 is 0.612 bits per heavy atom. The van der Waals surface area contributed by atoms with E-state index in [1.807, 2.05) is 18.4 Å². The first-order valence-corrected chi connectivity index (χ1v) is 24.3. The maximum atomic E-state index is 13.2. The smallest absolute Gasteiger partial charge is 0.326 e. The van der Waals surface area contributed by atoms with Crippen LogP contribution in [0.15, 0.2) is 48.5 Å². The maximum Gasteiger partial charge on any atom is 0.326 e. The van der Waals surface area contributed by atoms with Crippen LogP contribution in [0.3, 0.4) is 0 Å². The molecule has 67 heavy (non-hydrogen) atoms. The summed E-state index contributed by atoms with van der Waals surface area (Å²) in [4.78, 5) is 113. The van der Waals surface area contributed by atoms with Crippen LogP contribution < -0.4 is 42.5 Å². The third-order valence-corrected chi connectivity index (χ3v) is 11.1. The van der Waals surface area contributed by atoms with Crippen molar-refractivity contribution in [1.82, 2.24) is 42.5 Å². The minimum atomic E-state index is -1.24. The van der Waals surface area contributed by atoms with Gasteiger partial charge in [0.15, 0.2) is 0 Å². The third kappa shape index (κ3) is 24.0. The number of carbonyl (C=O) groups is 9. The molecule has 0 aliphatic carbocycles. The van der Waals surface area contributed by atoms with Gasteiger partial charge in [-0.3, -0.25) is 38.4 Å². The Balaban J connectivity index is 1.82.